The Morgan fingerprint density at radius 3 is 2.17 bits per heavy atom. The molecule has 0 aliphatic heterocycles. The highest BCUT2D eigenvalue weighted by Gasteiger charge is 2.73. The maximum absolute atomic E-state index is 13.7. The highest BCUT2D eigenvalue weighted by atomic mass is 79.9. The van der Waals surface area contributed by atoms with Crippen LogP contribution in [0.15, 0.2) is 41.1 Å². The molecule has 0 N–H and O–H groups in total. The Kier molecular flexibility index (Phi) is 7.75. The second kappa shape index (κ2) is 9.52. The number of ether oxygens (including phenoxy) is 3. The van der Waals surface area contributed by atoms with Crippen LogP contribution < -0.4 is 4.74 Å². The minimum atomic E-state index is -5.79. The van der Waals surface area contributed by atoms with Gasteiger partial charge in [-0.3, -0.25) is 0 Å². The van der Waals surface area contributed by atoms with Crippen molar-refractivity contribution < 1.29 is 40.6 Å². The van der Waals surface area contributed by atoms with E-state index in [-0.39, 0.29) is 23.5 Å². The molecule has 0 amide bonds. The molecule has 30 heavy (non-hydrogen) atoms. The molecule has 0 saturated heterocycles. The first-order valence-corrected chi connectivity index (χ1v) is 9.44. The lowest BCUT2D eigenvalue weighted by Gasteiger charge is -2.37. The fourth-order valence-corrected chi connectivity index (χ4v) is 3.03. The smallest absolute Gasteiger partial charge is 0.430 e. The summed E-state index contributed by atoms with van der Waals surface area (Å²) in [5, 5.41) is 0. The number of hydrogen-bond acceptors (Lipinski definition) is 4. The molecule has 0 atom stereocenters. The molecule has 0 aliphatic rings. The zero-order chi connectivity index (χ0) is 22.6. The lowest BCUT2D eigenvalue weighted by Crippen LogP contribution is -2.56. The molecule has 1 heterocycles. The van der Waals surface area contributed by atoms with Gasteiger partial charge in [-0.05, 0) is 52.2 Å². The lowest BCUT2D eigenvalue weighted by atomic mass is 9.89. The molecule has 0 fully saturated rings. The van der Waals surface area contributed by atoms with Crippen LogP contribution >= 0.6 is 15.9 Å². The first-order chi connectivity index (χ1) is 14.0. The molecule has 0 unspecified atom stereocenters. The normalized spacial score (nSPS) is 12.8. The standard InChI is InChI=1S/C19H18BrF6NO3/c1-3-4-12-9-13(5-7-15(12)30-14-6-8-16(20)27-10-14)17(18(21,22)23,19(24,25)26)29-11-28-2/h5-10H,3-4,11H2,1-2H3. The summed E-state index contributed by atoms with van der Waals surface area (Å²) in [6, 6.07) is 5.70. The van der Waals surface area contributed by atoms with Crippen LogP contribution in [0, 0.1) is 0 Å². The Hall–Kier alpha value is -1.85. The van der Waals surface area contributed by atoms with Crippen molar-refractivity contribution in [3.63, 3.8) is 0 Å². The summed E-state index contributed by atoms with van der Waals surface area (Å²) < 4.78 is 97.2. The van der Waals surface area contributed by atoms with E-state index in [4.69, 9.17) is 4.74 Å². The molecule has 11 heteroatoms. The van der Waals surface area contributed by atoms with E-state index in [1.807, 2.05) is 0 Å². The van der Waals surface area contributed by atoms with Crippen LogP contribution in [-0.2, 0) is 21.5 Å². The van der Waals surface area contributed by atoms with Gasteiger partial charge < -0.3 is 14.2 Å². The molecule has 2 aromatic rings. The SMILES string of the molecule is CCCc1cc(C(OCOC)(C(F)(F)F)C(F)(F)F)ccc1Oc1ccc(Br)nc1. The van der Waals surface area contributed by atoms with Gasteiger partial charge >= 0.3 is 12.4 Å². The molecule has 1 aromatic carbocycles. The van der Waals surface area contributed by atoms with Crippen molar-refractivity contribution in [3.05, 3.63) is 52.3 Å². The van der Waals surface area contributed by atoms with Crippen molar-refractivity contribution in [1.29, 1.82) is 0 Å². The molecule has 166 valence electrons. The van der Waals surface area contributed by atoms with Crippen LogP contribution in [0.2, 0.25) is 0 Å². The van der Waals surface area contributed by atoms with Crippen molar-refractivity contribution in [2.45, 2.75) is 37.7 Å². The number of alkyl halides is 6. The van der Waals surface area contributed by atoms with Crippen molar-refractivity contribution in [2.24, 2.45) is 0 Å². The average Bonchev–Trinajstić information content (AvgIpc) is 2.64. The number of hydrogen-bond donors (Lipinski definition) is 0. The van der Waals surface area contributed by atoms with Gasteiger partial charge in [-0.25, -0.2) is 4.98 Å². The van der Waals surface area contributed by atoms with E-state index in [1.54, 1.807) is 19.1 Å². The number of aryl methyl sites for hydroxylation is 1. The molecular weight excluding hydrogens is 484 g/mol. The number of halogens is 7. The van der Waals surface area contributed by atoms with Gasteiger partial charge in [0.25, 0.3) is 5.60 Å². The average molecular weight is 502 g/mol. The molecule has 4 nitrogen and oxygen atoms in total. The van der Waals surface area contributed by atoms with Gasteiger partial charge in [-0.15, -0.1) is 0 Å². The molecule has 1 aromatic heterocycles. The zero-order valence-electron chi connectivity index (χ0n) is 15.9. The monoisotopic (exact) mass is 501 g/mol. The molecular formula is C19H18BrF6NO3. The summed E-state index contributed by atoms with van der Waals surface area (Å²) in [5.41, 5.74) is -5.49. The van der Waals surface area contributed by atoms with Crippen LogP contribution in [0.5, 0.6) is 11.5 Å². The van der Waals surface area contributed by atoms with Crippen LogP contribution in [0.4, 0.5) is 26.3 Å². The molecule has 0 spiro atoms. The summed E-state index contributed by atoms with van der Waals surface area (Å²) in [4.78, 5) is 3.97. The van der Waals surface area contributed by atoms with Crippen LogP contribution in [0.25, 0.3) is 0 Å². The third-order valence-electron chi connectivity index (χ3n) is 4.11. The van der Waals surface area contributed by atoms with Gasteiger partial charge in [0.05, 0.1) is 6.20 Å². The van der Waals surface area contributed by atoms with Crippen molar-refractivity contribution in [3.8, 4) is 11.5 Å². The van der Waals surface area contributed by atoms with E-state index in [0.717, 1.165) is 19.2 Å². The van der Waals surface area contributed by atoms with Crippen molar-refractivity contribution >= 4 is 15.9 Å². The highest BCUT2D eigenvalue weighted by molar-refractivity contribution is 9.10. The summed E-state index contributed by atoms with van der Waals surface area (Å²) in [5.74, 6) is 0.395. The summed E-state index contributed by atoms with van der Waals surface area (Å²) in [6.07, 6.45) is -9.56. The third-order valence-corrected chi connectivity index (χ3v) is 4.58. The zero-order valence-corrected chi connectivity index (χ0v) is 17.5. The quantitative estimate of drug-likeness (QED) is 0.234. The number of nitrogens with zero attached hydrogens (tertiary/aromatic N) is 1. The highest BCUT2D eigenvalue weighted by Crippen LogP contribution is 2.53. The Balaban J connectivity index is 2.59. The number of pyridine rings is 1. The maximum Gasteiger partial charge on any atom is 0.430 e. The number of methoxy groups -OCH3 is 1. The van der Waals surface area contributed by atoms with Crippen LogP contribution in [0.1, 0.15) is 24.5 Å². The fraction of sp³-hybridized carbons (Fsp3) is 0.421. The van der Waals surface area contributed by atoms with Crippen molar-refractivity contribution in [2.75, 3.05) is 13.9 Å². The summed E-state index contributed by atoms with van der Waals surface area (Å²) >= 11 is 3.16. The second-order valence-electron chi connectivity index (χ2n) is 6.22. The number of benzene rings is 1. The first kappa shape index (κ1) is 24.4. The first-order valence-electron chi connectivity index (χ1n) is 8.65. The summed E-state index contributed by atoms with van der Waals surface area (Å²) in [7, 11) is 0.934. The van der Waals surface area contributed by atoms with E-state index >= 15 is 0 Å². The Morgan fingerprint density at radius 1 is 1.00 bits per heavy atom. The topological polar surface area (TPSA) is 40.6 Å². The van der Waals surface area contributed by atoms with E-state index in [9.17, 15) is 26.3 Å². The molecule has 0 aliphatic carbocycles. The predicted molar refractivity (Wildman–Crippen MR) is 99.2 cm³/mol. The number of rotatable bonds is 8. The predicted octanol–water partition coefficient (Wildman–Crippen LogP) is 6.53. The Labute approximate surface area is 177 Å². The number of aromatic nitrogens is 1. The van der Waals surface area contributed by atoms with E-state index < -0.39 is 30.3 Å². The van der Waals surface area contributed by atoms with Crippen molar-refractivity contribution in [1.82, 2.24) is 4.98 Å². The molecule has 0 bridgehead atoms. The van der Waals surface area contributed by atoms with E-state index in [0.29, 0.717) is 17.1 Å². The summed E-state index contributed by atoms with van der Waals surface area (Å²) in [6.45, 7) is 0.533. The molecule has 0 saturated carbocycles. The Morgan fingerprint density at radius 2 is 1.67 bits per heavy atom. The molecule has 2 rings (SSSR count). The second-order valence-corrected chi connectivity index (χ2v) is 7.03. The van der Waals surface area contributed by atoms with E-state index in [1.165, 1.54) is 6.20 Å². The van der Waals surface area contributed by atoms with Gasteiger partial charge in [0.2, 0.25) is 0 Å². The van der Waals surface area contributed by atoms with Gasteiger partial charge in [-0.1, -0.05) is 19.4 Å². The van der Waals surface area contributed by atoms with Gasteiger partial charge in [0.15, 0.2) is 0 Å². The lowest BCUT2D eigenvalue weighted by molar-refractivity contribution is -0.400. The molecule has 0 radical (unpaired) electrons. The Bertz CT molecular complexity index is 826. The third kappa shape index (κ3) is 5.06. The van der Waals surface area contributed by atoms with Crippen LogP contribution in [0.3, 0.4) is 0 Å². The minimum Gasteiger partial charge on any atom is -0.455 e. The van der Waals surface area contributed by atoms with Gasteiger partial charge in [0, 0.05) is 12.7 Å². The van der Waals surface area contributed by atoms with Gasteiger partial charge in [0.1, 0.15) is 22.9 Å². The largest absolute Gasteiger partial charge is 0.455 e. The van der Waals surface area contributed by atoms with Gasteiger partial charge in [-0.2, -0.15) is 26.3 Å². The minimum absolute atomic E-state index is 0.120. The fourth-order valence-electron chi connectivity index (χ4n) is 2.79. The maximum atomic E-state index is 13.7. The van der Waals surface area contributed by atoms with E-state index in [2.05, 4.69) is 30.4 Å². The van der Waals surface area contributed by atoms with Crippen LogP contribution in [-0.4, -0.2) is 31.2 Å².